The molecule has 1 aromatic heterocycles. The summed E-state index contributed by atoms with van der Waals surface area (Å²) in [7, 11) is 1.36. The van der Waals surface area contributed by atoms with Crippen LogP contribution in [0.5, 0.6) is 5.75 Å². The summed E-state index contributed by atoms with van der Waals surface area (Å²) in [6.07, 6.45) is 0.599. The number of anilines is 2. The first-order valence-corrected chi connectivity index (χ1v) is 13.9. The summed E-state index contributed by atoms with van der Waals surface area (Å²) in [5.41, 5.74) is 11.1. The van der Waals surface area contributed by atoms with Gasteiger partial charge in [-0.3, -0.25) is 19.5 Å². The van der Waals surface area contributed by atoms with Crippen molar-refractivity contribution >= 4 is 34.1 Å². The average molecular weight is 570 g/mol. The van der Waals surface area contributed by atoms with Gasteiger partial charge in [0, 0.05) is 54.9 Å². The van der Waals surface area contributed by atoms with Gasteiger partial charge in [-0.15, -0.1) is 0 Å². The number of rotatable bonds is 6. The molecule has 3 heterocycles. The molecule has 2 amide bonds. The Bertz CT molecular complexity index is 1650. The Morgan fingerprint density at radius 1 is 1.05 bits per heavy atom. The van der Waals surface area contributed by atoms with Crippen LogP contribution < -0.4 is 15.8 Å². The Morgan fingerprint density at radius 3 is 2.57 bits per heavy atom. The van der Waals surface area contributed by atoms with Crippen molar-refractivity contribution in [1.82, 2.24) is 14.8 Å². The lowest BCUT2D eigenvalue weighted by Crippen LogP contribution is -2.42. The molecule has 1 fully saturated rings. The summed E-state index contributed by atoms with van der Waals surface area (Å²) in [6.45, 7) is 3.11. The van der Waals surface area contributed by atoms with E-state index in [0.29, 0.717) is 62.6 Å². The van der Waals surface area contributed by atoms with E-state index in [0.717, 1.165) is 27.7 Å². The topological polar surface area (TPSA) is 110 Å². The van der Waals surface area contributed by atoms with Gasteiger partial charge in [-0.25, -0.2) is 4.39 Å². The summed E-state index contributed by atoms with van der Waals surface area (Å²) in [6, 6.07) is 17.8. The highest BCUT2D eigenvalue weighted by molar-refractivity contribution is 6.08. The Morgan fingerprint density at radius 2 is 1.81 bits per heavy atom. The van der Waals surface area contributed by atoms with Gasteiger partial charge in [-0.1, -0.05) is 30.3 Å². The van der Waals surface area contributed by atoms with E-state index >= 15 is 0 Å². The molecule has 10 heteroatoms. The molecule has 42 heavy (non-hydrogen) atoms. The van der Waals surface area contributed by atoms with E-state index in [1.807, 2.05) is 34.1 Å². The lowest BCUT2D eigenvalue weighted by molar-refractivity contribution is -0.117. The number of pyridine rings is 1. The first-order valence-electron chi connectivity index (χ1n) is 13.9. The van der Waals surface area contributed by atoms with Crippen molar-refractivity contribution in [2.45, 2.75) is 13.0 Å². The van der Waals surface area contributed by atoms with Gasteiger partial charge in [0.2, 0.25) is 5.91 Å². The van der Waals surface area contributed by atoms with Crippen LogP contribution in [0.15, 0.2) is 60.7 Å². The van der Waals surface area contributed by atoms with Crippen molar-refractivity contribution in [3.63, 3.8) is 0 Å². The summed E-state index contributed by atoms with van der Waals surface area (Å²) in [5.74, 6) is -0.988. The van der Waals surface area contributed by atoms with Gasteiger partial charge < -0.3 is 25.4 Å². The number of nitrogens with zero attached hydrogens (tertiary/aromatic N) is 3. The molecule has 3 aromatic carbocycles. The molecular weight excluding hydrogens is 537 g/mol. The van der Waals surface area contributed by atoms with Gasteiger partial charge >= 0.3 is 0 Å². The maximum absolute atomic E-state index is 15.0. The Kier molecular flexibility index (Phi) is 7.73. The van der Waals surface area contributed by atoms with E-state index in [-0.39, 0.29) is 29.8 Å². The molecule has 0 aliphatic carbocycles. The van der Waals surface area contributed by atoms with Gasteiger partial charge in [0.15, 0.2) is 11.6 Å². The minimum Gasteiger partial charge on any atom is -0.492 e. The van der Waals surface area contributed by atoms with Gasteiger partial charge in [-0.2, -0.15) is 0 Å². The zero-order chi connectivity index (χ0) is 29.2. The van der Waals surface area contributed by atoms with Crippen LogP contribution in [0.1, 0.15) is 21.6 Å². The second-order valence-corrected chi connectivity index (χ2v) is 10.5. The van der Waals surface area contributed by atoms with Gasteiger partial charge in [-0.05, 0) is 41.5 Å². The number of ether oxygens (including phenoxy) is 2. The van der Waals surface area contributed by atoms with Crippen molar-refractivity contribution in [1.29, 1.82) is 0 Å². The van der Waals surface area contributed by atoms with Gasteiger partial charge in [0.1, 0.15) is 0 Å². The third kappa shape index (κ3) is 5.50. The number of benzene rings is 3. The van der Waals surface area contributed by atoms with Crippen LogP contribution in [-0.2, 0) is 22.5 Å². The van der Waals surface area contributed by atoms with Crippen LogP contribution in [0.4, 0.5) is 15.8 Å². The van der Waals surface area contributed by atoms with Crippen molar-refractivity contribution in [3.05, 3.63) is 83.3 Å². The summed E-state index contributed by atoms with van der Waals surface area (Å²) in [4.78, 5) is 35.8. The standard InChI is InChI=1S/C32H32FN5O4/c1-41-31-25(33)16-21(20-6-8-22(34)9-7-20)17-28(31)36-29(39)19-37-11-10-27-24(18-37)30(23-4-2-3-5-26(23)35-27)32(40)38-12-14-42-15-13-38/h2-9,16-17H,10-15,18-19,34H2,1H3,(H,36,39). The number of hydrogen-bond acceptors (Lipinski definition) is 7. The first kappa shape index (κ1) is 27.6. The van der Waals surface area contributed by atoms with Crippen LogP contribution >= 0.6 is 0 Å². The highest BCUT2D eigenvalue weighted by Crippen LogP contribution is 2.34. The number of fused-ring (bicyclic) bond motifs is 2. The minimum absolute atomic E-state index is 0.0411. The quantitative estimate of drug-likeness (QED) is 0.337. The summed E-state index contributed by atoms with van der Waals surface area (Å²) < 4.78 is 25.7. The lowest BCUT2D eigenvalue weighted by Gasteiger charge is -2.32. The maximum atomic E-state index is 15.0. The van der Waals surface area contributed by atoms with Crippen LogP contribution in [0, 0.1) is 5.82 Å². The van der Waals surface area contributed by atoms with Crippen molar-refractivity contribution in [3.8, 4) is 16.9 Å². The van der Waals surface area contributed by atoms with E-state index in [4.69, 9.17) is 20.2 Å². The molecular formula is C32H32FN5O4. The van der Waals surface area contributed by atoms with E-state index in [1.165, 1.54) is 13.2 Å². The SMILES string of the molecule is COc1c(F)cc(-c2ccc(N)cc2)cc1NC(=O)CN1CCc2nc3ccccc3c(C(=O)N3CCOCC3)c2C1. The molecule has 3 N–H and O–H groups in total. The van der Waals surface area contributed by atoms with Crippen LogP contribution in [0.25, 0.3) is 22.0 Å². The maximum Gasteiger partial charge on any atom is 0.255 e. The number of carbonyl (C=O) groups is 2. The fraction of sp³-hybridized carbons (Fsp3) is 0.281. The number of carbonyl (C=O) groups excluding carboxylic acids is 2. The molecule has 0 radical (unpaired) electrons. The molecule has 2 aliphatic rings. The Balaban J connectivity index is 1.25. The lowest BCUT2D eigenvalue weighted by atomic mass is 9.94. The van der Waals surface area contributed by atoms with E-state index < -0.39 is 5.82 Å². The van der Waals surface area contributed by atoms with Crippen LogP contribution in [-0.4, -0.2) is 73.1 Å². The molecule has 2 aliphatic heterocycles. The van der Waals surface area contributed by atoms with Gasteiger partial charge in [0.25, 0.3) is 5.91 Å². The normalized spacial score (nSPS) is 15.3. The molecule has 1 saturated heterocycles. The minimum atomic E-state index is -0.585. The number of nitrogen functional groups attached to an aromatic ring is 1. The average Bonchev–Trinajstić information content (AvgIpc) is 3.00. The molecule has 0 unspecified atom stereocenters. The predicted octanol–water partition coefficient (Wildman–Crippen LogP) is 4.10. The molecule has 4 aromatic rings. The molecule has 0 spiro atoms. The van der Waals surface area contributed by atoms with E-state index in [1.54, 1.807) is 30.3 Å². The van der Waals surface area contributed by atoms with Crippen LogP contribution in [0.3, 0.4) is 0 Å². The number of amides is 2. The number of morpholine rings is 1. The summed E-state index contributed by atoms with van der Waals surface area (Å²) >= 11 is 0. The fourth-order valence-electron chi connectivity index (χ4n) is 5.68. The van der Waals surface area contributed by atoms with E-state index in [2.05, 4.69) is 5.32 Å². The molecule has 9 nitrogen and oxygen atoms in total. The third-order valence-corrected chi connectivity index (χ3v) is 7.77. The summed E-state index contributed by atoms with van der Waals surface area (Å²) in [5, 5.41) is 3.64. The third-order valence-electron chi connectivity index (χ3n) is 7.77. The first-order chi connectivity index (χ1) is 20.4. The Hall–Kier alpha value is -4.54. The molecule has 0 saturated carbocycles. The number of nitrogens with one attached hydrogen (secondary N) is 1. The zero-order valence-corrected chi connectivity index (χ0v) is 23.4. The number of nitrogens with two attached hydrogens (primary N) is 1. The molecule has 6 rings (SSSR count). The smallest absolute Gasteiger partial charge is 0.255 e. The predicted molar refractivity (Wildman–Crippen MR) is 159 cm³/mol. The highest BCUT2D eigenvalue weighted by Gasteiger charge is 2.30. The number of methoxy groups -OCH3 is 1. The van der Waals surface area contributed by atoms with Crippen molar-refractivity contribution in [2.75, 3.05) is 57.6 Å². The molecule has 216 valence electrons. The highest BCUT2D eigenvalue weighted by atomic mass is 19.1. The zero-order valence-electron chi connectivity index (χ0n) is 23.4. The largest absolute Gasteiger partial charge is 0.492 e. The molecule has 0 bridgehead atoms. The number of aromatic nitrogens is 1. The fourth-order valence-corrected chi connectivity index (χ4v) is 5.68. The number of para-hydroxylation sites is 1. The number of halogens is 1. The molecule has 0 atom stereocenters. The van der Waals surface area contributed by atoms with E-state index in [9.17, 15) is 14.0 Å². The van der Waals surface area contributed by atoms with Gasteiger partial charge in [0.05, 0.1) is 43.6 Å². The van der Waals surface area contributed by atoms with Crippen LogP contribution in [0.2, 0.25) is 0 Å². The van der Waals surface area contributed by atoms with Crippen molar-refractivity contribution in [2.24, 2.45) is 0 Å². The monoisotopic (exact) mass is 569 g/mol. The second-order valence-electron chi connectivity index (χ2n) is 10.5. The van der Waals surface area contributed by atoms with Crippen molar-refractivity contribution < 1.29 is 23.5 Å². The number of hydrogen-bond donors (Lipinski definition) is 2. The second kappa shape index (κ2) is 11.8. The Labute approximate surface area is 243 Å².